The normalized spacial score (nSPS) is 11.9. The zero-order chi connectivity index (χ0) is 20.6. The molecule has 0 N–H and O–H groups in total. The summed E-state index contributed by atoms with van der Waals surface area (Å²) >= 11 is 3.34. The predicted molar refractivity (Wildman–Crippen MR) is 107 cm³/mol. The van der Waals surface area contributed by atoms with Crippen LogP contribution in [0.25, 0.3) is 28.0 Å². The van der Waals surface area contributed by atoms with Crippen LogP contribution in [0.15, 0.2) is 65.1 Å². The highest BCUT2D eigenvalue weighted by molar-refractivity contribution is 9.10. The Balaban J connectivity index is 2.07. The molecule has 148 valence electrons. The van der Waals surface area contributed by atoms with Crippen molar-refractivity contribution in [3.8, 4) is 22.4 Å². The number of hydrogen-bond acceptors (Lipinski definition) is 3. The lowest BCUT2D eigenvalue weighted by Gasteiger charge is -2.12. The van der Waals surface area contributed by atoms with Crippen LogP contribution in [0.1, 0.15) is 11.4 Å². The average molecular weight is 462 g/mol. The number of nitrogens with zero attached hydrogens (tertiary/aromatic N) is 3. The van der Waals surface area contributed by atoms with E-state index in [0.717, 1.165) is 20.6 Å². The molecule has 2 aromatic carbocycles. The zero-order valence-corrected chi connectivity index (χ0v) is 16.8. The Kier molecular flexibility index (Phi) is 5.14. The van der Waals surface area contributed by atoms with Gasteiger partial charge >= 0.3 is 6.18 Å². The van der Waals surface area contributed by atoms with Crippen molar-refractivity contribution in [2.24, 2.45) is 0 Å². The third kappa shape index (κ3) is 3.77. The summed E-state index contributed by atoms with van der Waals surface area (Å²) in [6.07, 6.45) is -4.60. The minimum atomic E-state index is -4.60. The third-order valence-corrected chi connectivity index (χ3v) is 4.96. The van der Waals surface area contributed by atoms with Gasteiger partial charge in [0.1, 0.15) is 0 Å². The van der Waals surface area contributed by atoms with E-state index in [9.17, 15) is 13.2 Å². The third-order valence-electron chi connectivity index (χ3n) is 4.44. The smallest absolute Gasteiger partial charge is 0.378 e. The Morgan fingerprint density at radius 2 is 1.69 bits per heavy atom. The molecule has 2 aromatic heterocycles. The molecule has 0 radical (unpaired) electrons. The molecule has 0 unspecified atom stereocenters. The van der Waals surface area contributed by atoms with E-state index in [2.05, 4.69) is 26.0 Å². The average Bonchev–Trinajstić information content (AvgIpc) is 3.06. The first-order valence-corrected chi connectivity index (χ1v) is 9.48. The van der Waals surface area contributed by atoms with Crippen LogP contribution in [0.2, 0.25) is 0 Å². The van der Waals surface area contributed by atoms with E-state index in [-0.39, 0.29) is 17.9 Å². The number of halogens is 4. The largest absolute Gasteiger partial charge is 0.433 e. The summed E-state index contributed by atoms with van der Waals surface area (Å²) in [5.41, 5.74) is 1.69. The summed E-state index contributed by atoms with van der Waals surface area (Å²) in [4.78, 5) is 4.56. The van der Waals surface area contributed by atoms with Gasteiger partial charge in [-0.2, -0.15) is 18.3 Å². The molecule has 4 aromatic rings. The molecule has 0 bridgehead atoms. The van der Waals surface area contributed by atoms with Crippen LogP contribution in [0.3, 0.4) is 0 Å². The first-order valence-electron chi connectivity index (χ1n) is 8.68. The number of benzene rings is 2. The Morgan fingerprint density at radius 1 is 1.00 bits per heavy atom. The maximum Gasteiger partial charge on any atom is 0.433 e. The van der Waals surface area contributed by atoms with Crippen molar-refractivity contribution in [2.75, 3.05) is 7.11 Å². The summed E-state index contributed by atoms with van der Waals surface area (Å²) < 4.78 is 48.5. The first kappa shape index (κ1) is 19.6. The maximum absolute atomic E-state index is 13.9. The minimum absolute atomic E-state index is 0.0680. The van der Waals surface area contributed by atoms with E-state index in [1.807, 2.05) is 30.3 Å². The second-order valence-corrected chi connectivity index (χ2v) is 7.30. The van der Waals surface area contributed by atoms with Crippen LogP contribution in [-0.2, 0) is 17.5 Å². The van der Waals surface area contributed by atoms with Crippen LogP contribution < -0.4 is 0 Å². The van der Waals surface area contributed by atoms with Gasteiger partial charge < -0.3 is 4.74 Å². The van der Waals surface area contributed by atoms with Gasteiger partial charge in [0.15, 0.2) is 11.3 Å². The number of aromatic nitrogens is 3. The lowest BCUT2D eigenvalue weighted by Crippen LogP contribution is -2.14. The molecule has 0 fully saturated rings. The van der Waals surface area contributed by atoms with Crippen LogP contribution in [-0.4, -0.2) is 21.7 Å². The number of ether oxygens (including phenoxy) is 1. The molecule has 0 spiro atoms. The summed E-state index contributed by atoms with van der Waals surface area (Å²) in [5, 5.41) is 4.20. The standard InChI is InChI=1S/C21H15BrF3N3O/c1-29-12-17-19(14-5-3-2-4-6-14)20-26-16(13-7-9-15(22)10-8-13)11-18(21(23,24)25)28(20)27-17/h2-11H,12H2,1H3. The van der Waals surface area contributed by atoms with Crippen LogP contribution in [0.4, 0.5) is 13.2 Å². The zero-order valence-electron chi connectivity index (χ0n) is 15.2. The van der Waals surface area contributed by atoms with E-state index in [4.69, 9.17) is 4.74 Å². The summed E-state index contributed by atoms with van der Waals surface area (Å²) in [5.74, 6) is 0. The molecule has 0 saturated carbocycles. The fourth-order valence-corrected chi connectivity index (χ4v) is 3.43. The second-order valence-electron chi connectivity index (χ2n) is 6.39. The second kappa shape index (κ2) is 7.61. The van der Waals surface area contributed by atoms with Gasteiger partial charge in [-0.05, 0) is 23.8 Å². The van der Waals surface area contributed by atoms with E-state index in [1.54, 1.807) is 24.3 Å². The van der Waals surface area contributed by atoms with Crippen LogP contribution >= 0.6 is 15.9 Å². The van der Waals surface area contributed by atoms with Crippen molar-refractivity contribution in [2.45, 2.75) is 12.8 Å². The Hall–Kier alpha value is -2.71. The van der Waals surface area contributed by atoms with Crippen molar-refractivity contribution in [3.05, 3.63) is 76.5 Å². The van der Waals surface area contributed by atoms with Gasteiger partial charge in [0.25, 0.3) is 0 Å². The number of fused-ring (bicyclic) bond motifs is 1. The van der Waals surface area contributed by atoms with Crippen molar-refractivity contribution in [1.82, 2.24) is 14.6 Å². The maximum atomic E-state index is 13.9. The number of hydrogen-bond donors (Lipinski definition) is 0. The number of alkyl halides is 3. The van der Waals surface area contributed by atoms with Crippen LogP contribution in [0.5, 0.6) is 0 Å². The lowest BCUT2D eigenvalue weighted by atomic mass is 10.1. The molecule has 0 aliphatic rings. The molecular weight excluding hydrogens is 447 g/mol. The van der Waals surface area contributed by atoms with Gasteiger partial charge in [-0.15, -0.1) is 0 Å². The Bertz CT molecular complexity index is 1160. The summed E-state index contributed by atoms with van der Waals surface area (Å²) in [6, 6.07) is 17.1. The highest BCUT2D eigenvalue weighted by Crippen LogP contribution is 2.36. The van der Waals surface area contributed by atoms with Gasteiger partial charge in [-0.1, -0.05) is 58.4 Å². The molecular formula is C21H15BrF3N3O. The molecule has 0 aliphatic carbocycles. The van der Waals surface area contributed by atoms with Gasteiger partial charge in [-0.25, -0.2) is 9.50 Å². The molecule has 0 amide bonds. The molecule has 4 rings (SSSR count). The predicted octanol–water partition coefficient (Wildman–Crippen LogP) is 5.99. The van der Waals surface area contributed by atoms with Crippen molar-refractivity contribution < 1.29 is 17.9 Å². The van der Waals surface area contributed by atoms with E-state index >= 15 is 0 Å². The minimum Gasteiger partial charge on any atom is -0.378 e. The lowest BCUT2D eigenvalue weighted by molar-refractivity contribution is -0.142. The molecule has 8 heteroatoms. The molecule has 0 saturated heterocycles. The van der Waals surface area contributed by atoms with E-state index in [0.29, 0.717) is 16.8 Å². The fraction of sp³-hybridized carbons (Fsp3) is 0.143. The van der Waals surface area contributed by atoms with E-state index in [1.165, 1.54) is 7.11 Å². The molecule has 0 aliphatic heterocycles. The van der Waals surface area contributed by atoms with Gasteiger partial charge in [0.05, 0.1) is 23.6 Å². The highest BCUT2D eigenvalue weighted by atomic mass is 79.9. The van der Waals surface area contributed by atoms with Crippen molar-refractivity contribution in [3.63, 3.8) is 0 Å². The Labute approximate surface area is 173 Å². The van der Waals surface area contributed by atoms with Gasteiger partial charge in [0.2, 0.25) is 0 Å². The van der Waals surface area contributed by atoms with Gasteiger partial charge in [0, 0.05) is 17.1 Å². The molecule has 0 atom stereocenters. The molecule has 4 nitrogen and oxygen atoms in total. The number of methoxy groups -OCH3 is 1. The fourth-order valence-electron chi connectivity index (χ4n) is 3.17. The van der Waals surface area contributed by atoms with E-state index < -0.39 is 11.9 Å². The SMILES string of the molecule is COCc1nn2c(C(F)(F)F)cc(-c3ccc(Br)cc3)nc2c1-c1ccccc1. The first-order chi connectivity index (χ1) is 13.9. The highest BCUT2D eigenvalue weighted by Gasteiger charge is 2.36. The van der Waals surface area contributed by atoms with Crippen molar-refractivity contribution >= 4 is 21.6 Å². The summed E-state index contributed by atoms with van der Waals surface area (Å²) in [7, 11) is 1.48. The van der Waals surface area contributed by atoms with Gasteiger partial charge in [-0.3, -0.25) is 0 Å². The van der Waals surface area contributed by atoms with Crippen molar-refractivity contribution in [1.29, 1.82) is 0 Å². The quantitative estimate of drug-likeness (QED) is 0.374. The topological polar surface area (TPSA) is 39.4 Å². The molecule has 29 heavy (non-hydrogen) atoms. The monoisotopic (exact) mass is 461 g/mol. The molecule has 2 heterocycles. The number of rotatable bonds is 4. The van der Waals surface area contributed by atoms with Crippen LogP contribution in [0, 0.1) is 0 Å². The summed E-state index contributed by atoms with van der Waals surface area (Å²) in [6.45, 7) is 0.0680. The Morgan fingerprint density at radius 3 is 2.31 bits per heavy atom.